The smallest absolute Gasteiger partial charge is 0.262 e. The van der Waals surface area contributed by atoms with Gasteiger partial charge in [-0.1, -0.05) is 35.9 Å². The maximum Gasteiger partial charge on any atom is 0.262 e. The lowest BCUT2D eigenvalue weighted by Crippen LogP contribution is -2.20. The molecule has 1 N–H and O–H groups in total. The Hall–Kier alpha value is -2.79. The topological polar surface area (TPSA) is 56.1 Å². The van der Waals surface area contributed by atoms with Gasteiger partial charge in [0.2, 0.25) is 0 Å². The Morgan fingerprint density at radius 1 is 1.21 bits per heavy atom. The molecule has 24 heavy (non-hydrogen) atoms. The van der Waals surface area contributed by atoms with Gasteiger partial charge < -0.3 is 10.1 Å². The average Bonchev–Trinajstić information content (AvgIpc) is 3.05. The van der Waals surface area contributed by atoms with Crippen LogP contribution >= 0.6 is 11.6 Å². The molecule has 0 radical (unpaired) electrons. The van der Waals surface area contributed by atoms with E-state index in [1.165, 1.54) is 0 Å². The van der Waals surface area contributed by atoms with Crippen LogP contribution in [0.4, 0.5) is 5.69 Å². The number of para-hydroxylation sites is 1. The normalized spacial score (nSPS) is 10.4. The van der Waals surface area contributed by atoms with Crippen LogP contribution < -0.4 is 10.1 Å². The summed E-state index contributed by atoms with van der Waals surface area (Å²) in [4.78, 5) is 12.0. The van der Waals surface area contributed by atoms with Crippen molar-refractivity contribution in [1.29, 1.82) is 0 Å². The van der Waals surface area contributed by atoms with Crippen molar-refractivity contribution in [2.24, 2.45) is 0 Å². The lowest BCUT2D eigenvalue weighted by atomic mass is 10.2. The number of rotatable bonds is 5. The lowest BCUT2D eigenvalue weighted by Gasteiger charge is -2.09. The Bertz CT molecular complexity index is 846. The molecule has 0 saturated heterocycles. The van der Waals surface area contributed by atoms with Gasteiger partial charge in [0.25, 0.3) is 5.91 Å². The van der Waals surface area contributed by atoms with E-state index in [1.807, 2.05) is 37.3 Å². The van der Waals surface area contributed by atoms with Crippen LogP contribution in [0.15, 0.2) is 60.9 Å². The third-order valence-corrected chi connectivity index (χ3v) is 3.87. The molecule has 0 atom stereocenters. The summed E-state index contributed by atoms with van der Waals surface area (Å²) in [5.41, 5.74) is 2.34. The molecule has 3 rings (SSSR count). The zero-order chi connectivity index (χ0) is 16.9. The summed E-state index contributed by atoms with van der Waals surface area (Å²) in [6.07, 6.45) is 3.34. The standard InChI is InChI=1S/C18H16ClN3O2/c1-13-16(19)8-5-9-17(13)24-12-18(23)21-14-10-20-22(11-14)15-6-3-2-4-7-15/h2-11H,12H2,1H3,(H,21,23). The highest BCUT2D eigenvalue weighted by Gasteiger charge is 2.08. The Balaban J connectivity index is 1.59. The molecule has 122 valence electrons. The highest BCUT2D eigenvalue weighted by Crippen LogP contribution is 2.24. The lowest BCUT2D eigenvalue weighted by molar-refractivity contribution is -0.118. The summed E-state index contributed by atoms with van der Waals surface area (Å²) in [5, 5.41) is 7.59. The second kappa shape index (κ2) is 7.19. The first kappa shape index (κ1) is 16.1. The maximum atomic E-state index is 12.0. The van der Waals surface area contributed by atoms with Crippen molar-refractivity contribution in [2.75, 3.05) is 11.9 Å². The van der Waals surface area contributed by atoms with Crippen LogP contribution in [0.1, 0.15) is 5.56 Å². The fourth-order valence-electron chi connectivity index (χ4n) is 2.19. The molecule has 2 aromatic carbocycles. The highest BCUT2D eigenvalue weighted by molar-refractivity contribution is 6.31. The van der Waals surface area contributed by atoms with E-state index >= 15 is 0 Å². The summed E-state index contributed by atoms with van der Waals surface area (Å²) < 4.78 is 7.21. The van der Waals surface area contributed by atoms with Crippen LogP contribution in [0.3, 0.4) is 0 Å². The molecule has 1 amide bonds. The van der Waals surface area contributed by atoms with Crippen LogP contribution in [-0.2, 0) is 4.79 Å². The van der Waals surface area contributed by atoms with Gasteiger partial charge in [-0.15, -0.1) is 0 Å². The van der Waals surface area contributed by atoms with Gasteiger partial charge in [-0.3, -0.25) is 4.79 Å². The van der Waals surface area contributed by atoms with Crippen molar-refractivity contribution in [1.82, 2.24) is 9.78 Å². The summed E-state index contributed by atoms with van der Waals surface area (Å²) in [6, 6.07) is 15.0. The van der Waals surface area contributed by atoms with Crippen molar-refractivity contribution in [3.05, 3.63) is 71.5 Å². The number of nitrogens with zero attached hydrogens (tertiary/aromatic N) is 2. The van der Waals surface area contributed by atoms with E-state index in [0.29, 0.717) is 16.5 Å². The monoisotopic (exact) mass is 341 g/mol. The summed E-state index contributed by atoms with van der Waals surface area (Å²) in [7, 11) is 0. The average molecular weight is 342 g/mol. The third kappa shape index (κ3) is 3.75. The van der Waals surface area contributed by atoms with Gasteiger partial charge in [-0.25, -0.2) is 4.68 Å². The number of hydrogen-bond acceptors (Lipinski definition) is 3. The number of aromatic nitrogens is 2. The molecule has 0 spiro atoms. The Kier molecular flexibility index (Phi) is 4.82. The molecule has 5 nitrogen and oxygen atoms in total. The maximum absolute atomic E-state index is 12.0. The van der Waals surface area contributed by atoms with Gasteiger partial charge in [0.05, 0.1) is 23.8 Å². The molecular weight excluding hydrogens is 326 g/mol. The highest BCUT2D eigenvalue weighted by atomic mass is 35.5. The summed E-state index contributed by atoms with van der Waals surface area (Å²) in [5.74, 6) is 0.333. The Morgan fingerprint density at radius 2 is 2.00 bits per heavy atom. The predicted octanol–water partition coefficient (Wildman–Crippen LogP) is 3.85. The second-order valence-electron chi connectivity index (χ2n) is 5.21. The molecule has 6 heteroatoms. The molecular formula is C18H16ClN3O2. The molecule has 0 fully saturated rings. The molecule has 1 heterocycles. The first-order valence-electron chi connectivity index (χ1n) is 7.41. The molecule has 1 aromatic heterocycles. The van der Waals surface area contributed by atoms with Gasteiger partial charge >= 0.3 is 0 Å². The number of hydrogen-bond donors (Lipinski definition) is 1. The largest absolute Gasteiger partial charge is 0.483 e. The van der Waals surface area contributed by atoms with Gasteiger partial charge in [-0.2, -0.15) is 5.10 Å². The molecule has 3 aromatic rings. The van der Waals surface area contributed by atoms with Crippen LogP contribution in [0.2, 0.25) is 5.02 Å². The fourth-order valence-corrected chi connectivity index (χ4v) is 2.36. The molecule has 0 aliphatic rings. The Morgan fingerprint density at radius 3 is 2.79 bits per heavy atom. The number of halogens is 1. The molecule has 0 aliphatic heterocycles. The SMILES string of the molecule is Cc1c(Cl)cccc1OCC(=O)Nc1cnn(-c2ccccc2)c1. The zero-order valence-electron chi connectivity index (χ0n) is 13.1. The van der Waals surface area contributed by atoms with Crippen LogP contribution in [0, 0.1) is 6.92 Å². The molecule has 0 bridgehead atoms. The number of anilines is 1. The molecule has 0 aliphatic carbocycles. The number of carbonyl (C=O) groups is 1. The number of benzene rings is 2. The van der Waals surface area contributed by atoms with Gasteiger partial charge in [0.1, 0.15) is 5.75 Å². The quantitative estimate of drug-likeness (QED) is 0.766. The van der Waals surface area contributed by atoms with Gasteiger partial charge in [0.15, 0.2) is 6.61 Å². The van der Waals surface area contributed by atoms with E-state index in [9.17, 15) is 4.79 Å². The third-order valence-electron chi connectivity index (χ3n) is 3.46. The molecule has 0 saturated carbocycles. The Labute approximate surface area is 144 Å². The second-order valence-corrected chi connectivity index (χ2v) is 5.62. The van der Waals surface area contributed by atoms with E-state index < -0.39 is 0 Å². The van der Waals surface area contributed by atoms with E-state index in [0.717, 1.165) is 11.3 Å². The van der Waals surface area contributed by atoms with Crippen LogP contribution in [0.25, 0.3) is 5.69 Å². The van der Waals surface area contributed by atoms with E-state index in [2.05, 4.69) is 10.4 Å². The number of ether oxygens (including phenoxy) is 1. The van der Waals surface area contributed by atoms with E-state index in [4.69, 9.17) is 16.3 Å². The summed E-state index contributed by atoms with van der Waals surface area (Å²) in [6.45, 7) is 1.75. The van der Waals surface area contributed by atoms with Crippen molar-refractivity contribution >= 4 is 23.2 Å². The first-order chi connectivity index (χ1) is 11.6. The van der Waals surface area contributed by atoms with Crippen LogP contribution in [0.5, 0.6) is 5.75 Å². The van der Waals surface area contributed by atoms with Gasteiger partial charge in [-0.05, 0) is 31.2 Å². The fraction of sp³-hybridized carbons (Fsp3) is 0.111. The number of carbonyl (C=O) groups excluding carboxylic acids is 1. The minimum absolute atomic E-state index is 0.0995. The molecule has 0 unspecified atom stereocenters. The number of amides is 1. The van der Waals surface area contributed by atoms with Crippen molar-refractivity contribution in [2.45, 2.75) is 6.92 Å². The minimum Gasteiger partial charge on any atom is -0.483 e. The van der Waals surface area contributed by atoms with Crippen molar-refractivity contribution in [3.63, 3.8) is 0 Å². The zero-order valence-corrected chi connectivity index (χ0v) is 13.8. The van der Waals surface area contributed by atoms with Crippen molar-refractivity contribution < 1.29 is 9.53 Å². The van der Waals surface area contributed by atoms with Gasteiger partial charge in [0, 0.05) is 10.6 Å². The number of nitrogens with one attached hydrogen (secondary N) is 1. The predicted molar refractivity (Wildman–Crippen MR) is 93.9 cm³/mol. The van der Waals surface area contributed by atoms with Crippen molar-refractivity contribution in [3.8, 4) is 11.4 Å². The summed E-state index contributed by atoms with van der Waals surface area (Å²) >= 11 is 6.03. The minimum atomic E-state index is -0.262. The first-order valence-corrected chi connectivity index (χ1v) is 7.79. The van der Waals surface area contributed by atoms with E-state index in [-0.39, 0.29) is 12.5 Å². The van der Waals surface area contributed by atoms with E-state index in [1.54, 1.807) is 35.3 Å². The van der Waals surface area contributed by atoms with Crippen LogP contribution in [-0.4, -0.2) is 22.3 Å².